The van der Waals surface area contributed by atoms with E-state index in [2.05, 4.69) is 5.32 Å². The van der Waals surface area contributed by atoms with Crippen LogP contribution in [0.25, 0.3) is 0 Å². The van der Waals surface area contributed by atoms with Gasteiger partial charge in [-0.15, -0.1) is 11.8 Å². The van der Waals surface area contributed by atoms with Crippen molar-refractivity contribution in [3.63, 3.8) is 0 Å². The molecular formula is C20H22N2O6S2. The summed E-state index contributed by atoms with van der Waals surface area (Å²) in [6, 6.07) is 12.8. The Morgan fingerprint density at radius 3 is 2.43 bits per heavy atom. The molecule has 0 atom stereocenters. The number of carbonyl (C=O) groups is 2. The summed E-state index contributed by atoms with van der Waals surface area (Å²) in [6.07, 6.45) is 1.85. The molecule has 0 aromatic heterocycles. The van der Waals surface area contributed by atoms with Gasteiger partial charge in [0.15, 0.2) is 6.61 Å². The first-order valence-electron chi connectivity index (χ1n) is 9.20. The Bertz CT molecular complexity index is 1000. The molecular weight excluding hydrogens is 428 g/mol. The van der Waals surface area contributed by atoms with Gasteiger partial charge in [-0.3, -0.25) is 4.79 Å². The summed E-state index contributed by atoms with van der Waals surface area (Å²) in [6.45, 7) is 0.911. The van der Waals surface area contributed by atoms with Crippen LogP contribution in [0.4, 0.5) is 5.69 Å². The third-order valence-corrected chi connectivity index (χ3v) is 7.12. The zero-order chi connectivity index (χ0) is 21.6. The van der Waals surface area contributed by atoms with Crippen LogP contribution in [0.5, 0.6) is 0 Å². The Kier molecular flexibility index (Phi) is 7.48. The number of amides is 1. The molecule has 0 spiro atoms. The van der Waals surface area contributed by atoms with Gasteiger partial charge < -0.3 is 14.8 Å². The van der Waals surface area contributed by atoms with Gasteiger partial charge in [-0.25, -0.2) is 13.2 Å². The molecule has 1 aliphatic heterocycles. The van der Waals surface area contributed by atoms with Gasteiger partial charge in [0.1, 0.15) is 0 Å². The molecule has 8 nitrogen and oxygen atoms in total. The summed E-state index contributed by atoms with van der Waals surface area (Å²) >= 11 is 1.41. The van der Waals surface area contributed by atoms with Gasteiger partial charge in [-0.2, -0.15) is 4.31 Å². The third-order valence-electron chi connectivity index (χ3n) is 4.41. The Morgan fingerprint density at radius 2 is 1.77 bits per heavy atom. The number of esters is 1. The van der Waals surface area contributed by atoms with Crippen LogP contribution >= 0.6 is 11.8 Å². The molecule has 0 bridgehead atoms. The van der Waals surface area contributed by atoms with E-state index in [1.54, 1.807) is 18.2 Å². The molecule has 3 rings (SSSR count). The molecule has 2 aromatic carbocycles. The van der Waals surface area contributed by atoms with E-state index in [0.29, 0.717) is 37.6 Å². The number of thioether (sulfide) groups is 1. The van der Waals surface area contributed by atoms with Crippen molar-refractivity contribution in [3.05, 3.63) is 54.1 Å². The number of hydrogen-bond donors (Lipinski definition) is 1. The molecule has 10 heteroatoms. The lowest BCUT2D eigenvalue weighted by Crippen LogP contribution is -2.40. The normalized spacial score (nSPS) is 14.8. The number of anilines is 1. The summed E-state index contributed by atoms with van der Waals surface area (Å²) < 4.78 is 36.9. The van der Waals surface area contributed by atoms with E-state index in [0.717, 1.165) is 4.90 Å². The lowest BCUT2D eigenvalue weighted by molar-refractivity contribution is -0.119. The van der Waals surface area contributed by atoms with Crippen LogP contribution < -0.4 is 5.32 Å². The summed E-state index contributed by atoms with van der Waals surface area (Å²) in [7, 11) is -3.60. The molecule has 1 heterocycles. The topological polar surface area (TPSA) is 102 Å². The molecule has 0 saturated carbocycles. The molecule has 160 valence electrons. The van der Waals surface area contributed by atoms with Crippen LogP contribution in [0, 0.1) is 0 Å². The zero-order valence-corrected chi connectivity index (χ0v) is 18.0. The first kappa shape index (κ1) is 22.3. The van der Waals surface area contributed by atoms with Crippen molar-refractivity contribution in [2.75, 3.05) is 44.5 Å². The molecule has 1 saturated heterocycles. The second kappa shape index (κ2) is 10.1. The number of ether oxygens (including phenoxy) is 2. The van der Waals surface area contributed by atoms with Crippen LogP contribution in [-0.4, -0.2) is 63.8 Å². The smallest absolute Gasteiger partial charge is 0.339 e. The number of benzene rings is 2. The fourth-order valence-corrected chi connectivity index (χ4v) is 4.86. The molecule has 2 aromatic rings. The van der Waals surface area contributed by atoms with Crippen LogP contribution in [0.15, 0.2) is 58.3 Å². The predicted molar refractivity (Wildman–Crippen MR) is 113 cm³/mol. The van der Waals surface area contributed by atoms with E-state index < -0.39 is 28.5 Å². The minimum absolute atomic E-state index is 0.141. The first-order chi connectivity index (χ1) is 14.4. The van der Waals surface area contributed by atoms with Gasteiger partial charge in [0.05, 0.1) is 23.7 Å². The van der Waals surface area contributed by atoms with Gasteiger partial charge in [-0.05, 0) is 42.7 Å². The van der Waals surface area contributed by atoms with Gasteiger partial charge in [0.25, 0.3) is 5.91 Å². The van der Waals surface area contributed by atoms with Crippen LogP contribution in [0.3, 0.4) is 0 Å². The number of hydrogen-bond acceptors (Lipinski definition) is 7. The molecule has 30 heavy (non-hydrogen) atoms. The minimum Gasteiger partial charge on any atom is -0.452 e. The van der Waals surface area contributed by atoms with E-state index in [-0.39, 0.29) is 4.90 Å². The minimum atomic E-state index is -3.60. The highest BCUT2D eigenvalue weighted by molar-refractivity contribution is 7.98. The molecule has 1 aliphatic rings. The fourth-order valence-electron chi connectivity index (χ4n) is 2.87. The Hall–Kier alpha value is -2.40. The summed E-state index contributed by atoms with van der Waals surface area (Å²) in [5.41, 5.74) is 0.803. The van der Waals surface area contributed by atoms with E-state index in [1.807, 2.05) is 12.3 Å². The van der Waals surface area contributed by atoms with Gasteiger partial charge >= 0.3 is 5.97 Å². The van der Waals surface area contributed by atoms with Crippen LogP contribution in [0.1, 0.15) is 10.4 Å². The lowest BCUT2D eigenvalue weighted by atomic mass is 10.2. The van der Waals surface area contributed by atoms with E-state index in [9.17, 15) is 18.0 Å². The number of nitrogens with zero attached hydrogens (tertiary/aromatic N) is 1. The maximum atomic E-state index is 12.6. The van der Waals surface area contributed by atoms with E-state index >= 15 is 0 Å². The zero-order valence-electron chi connectivity index (χ0n) is 16.4. The summed E-state index contributed by atoms with van der Waals surface area (Å²) in [4.78, 5) is 25.2. The van der Waals surface area contributed by atoms with Crippen molar-refractivity contribution in [2.24, 2.45) is 0 Å². The second-order valence-corrected chi connectivity index (χ2v) is 9.15. The van der Waals surface area contributed by atoms with Crippen molar-refractivity contribution in [3.8, 4) is 0 Å². The number of sulfonamides is 1. The molecule has 0 radical (unpaired) electrons. The lowest BCUT2D eigenvalue weighted by Gasteiger charge is -2.26. The van der Waals surface area contributed by atoms with Crippen LogP contribution in [0.2, 0.25) is 0 Å². The maximum absolute atomic E-state index is 12.6. The Balaban J connectivity index is 1.56. The number of morpholine rings is 1. The van der Waals surface area contributed by atoms with E-state index in [4.69, 9.17) is 9.47 Å². The van der Waals surface area contributed by atoms with Gasteiger partial charge in [0.2, 0.25) is 10.0 Å². The average Bonchev–Trinajstić information content (AvgIpc) is 2.78. The highest BCUT2D eigenvalue weighted by atomic mass is 32.2. The van der Waals surface area contributed by atoms with E-state index in [1.165, 1.54) is 40.3 Å². The number of rotatable bonds is 7. The van der Waals surface area contributed by atoms with Crippen molar-refractivity contribution >= 4 is 39.3 Å². The molecule has 1 N–H and O–H groups in total. The highest BCUT2D eigenvalue weighted by Gasteiger charge is 2.26. The van der Waals surface area contributed by atoms with Crippen molar-refractivity contribution in [1.29, 1.82) is 0 Å². The SMILES string of the molecule is CSc1ccccc1C(=O)OCC(=O)Nc1ccc(S(=O)(=O)N2CCOCC2)cc1. The number of carbonyl (C=O) groups excluding carboxylic acids is 2. The standard InChI is InChI=1S/C20H22N2O6S2/c1-29-18-5-3-2-4-17(18)20(24)28-14-19(23)21-15-6-8-16(9-7-15)30(25,26)22-10-12-27-13-11-22/h2-9H,10-14H2,1H3,(H,21,23). The second-order valence-electron chi connectivity index (χ2n) is 6.37. The average molecular weight is 451 g/mol. The molecule has 0 unspecified atom stereocenters. The monoisotopic (exact) mass is 450 g/mol. The summed E-state index contributed by atoms with van der Waals surface area (Å²) in [5.74, 6) is -1.10. The van der Waals surface area contributed by atoms with Gasteiger partial charge in [0, 0.05) is 23.7 Å². The molecule has 1 fully saturated rings. The fraction of sp³-hybridized carbons (Fsp3) is 0.300. The third kappa shape index (κ3) is 5.39. The summed E-state index contributed by atoms with van der Waals surface area (Å²) in [5, 5.41) is 2.59. The van der Waals surface area contributed by atoms with Crippen LogP contribution in [-0.2, 0) is 24.3 Å². The largest absolute Gasteiger partial charge is 0.452 e. The molecule has 0 aliphatic carbocycles. The predicted octanol–water partition coefficient (Wildman–Crippen LogP) is 2.22. The van der Waals surface area contributed by atoms with Crippen molar-refractivity contribution in [1.82, 2.24) is 4.31 Å². The Morgan fingerprint density at radius 1 is 1.10 bits per heavy atom. The quantitative estimate of drug-likeness (QED) is 0.510. The van der Waals surface area contributed by atoms with Gasteiger partial charge in [-0.1, -0.05) is 12.1 Å². The first-order valence-corrected chi connectivity index (χ1v) is 11.9. The van der Waals surface area contributed by atoms with Crippen molar-refractivity contribution in [2.45, 2.75) is 9.79 Å². The highest BCUT2D eigenvalue weighted by Crippen LogP contribution is 2.21. The Labute approximate surface area is 179 Å². The number of nitrogens with one attached hydrogen (secondary N) is 1. The maximum Gasteiger partial charge on any atom is 0.339 e. The molecule has 1 amide bonds. The van der Waals surface area contributed by atoms with Crippen molar-refractivity contribution < 1.29 is 27.5 Å².